The Morgan fingerprint density at radius 1 is 1.38 bits per heavy atom. The van der Waals surface area contributed by atoms with Gasteiger partial charge in [0, 0.05) is 18.4 Å². The summed E-state index contributed by atoms with van der Waals surface area (Å²) in [5.41, 5.74) is 0. The SMILES string of the molecule is CN(C)CC1C(=O)C2CCC1C2.Cl. The van der Waals surface area contributed by atoms with Crippen molar-refractivity contribution in [3.8, 4) is 0 Å². The summed E-state index contributed by atoms with van der Waals surface area (Å²) in [7, 11) is 4.11. The Labute approximate surface area is 86.1 Å². The first kappa shape index (κ1) is 11.0. The van der Waals surface area contributed by atoms with Gasteiger partial charge >= 0.3 is 0 Å². The molecular weight excluding hydrogens is 186 g/mol. The molecule has 0 aliphatic heterocycles. The first-order chi connectivity index (χ1) is 5.68. The molecule has 3 atom stereocenters. The molecule has 2 fully saturated rings. The average Bonchev–Trinajstić information content (AvgIpc) is 2.53. The number of halogens is 1. The maximum Gasteiger partial charge on any atom is 0.140 e. The number of carbonyl (C=O) groups is 1. The van der Waals surface area contributed by atoms with Crippen LogP contribution in [0.5, 0.6) is 0 Å². The topological polar surface area (TPSA) is 20.3 Å². The van der Waals surface area contributed by atoms with Crippen molar-refractivity contribution in [1.82, 2.24) is 4.90 Å². The standard InChI is InChI=1S/C10H17NO.ClH/c1-11(2)6-9-7-3-4-8(5-7)10(9)12;/h7-9H,3-6H2,1-2H3;1H. The van der Waals surface area contributed by atoms with Crippen LogP contribution in [0.4, 0.5) is 0 Å². The average molecular weight is 204 g/mol. The van der Waals surface area contributed by atoms with E-state index in [9.17, 15) is 4.79 Å². The fraction of sp³-hybridized carbons (Fsp3) is 0.900. The second-order valence-electron chi connectivity index (χ2n) is 4.54. The Morgan fingerprint density at radius 3 is 2.54 bits per heavy atom. The third kappa shape index (κ3) is 1.89. The van der Waals surface area contributed by atoms with E-state index in [1.54, 1.807) is 0 Å². The lowest BCUT2D eigenvalue weighted by molar-refractivity contribution is -0.126. The molecule has 2 aliphatic rings. The number of Topliss-reactive ketones (excluding diaryl/α,β-unsaturated/α-hetero) is 1. The fourth-order valence-corrected chi connectivity index (χ4v) is 2.81. The normalized spacial score (nSPS) is 36.8. The highest BCUT2D eigenvalue weighted by molar-refractivity contribution is 5.87. The van der Waals surface area contributed by atoms with Crippen molar-refractivity contribution in [1.29, 1.82) is 0 Å². The van der Waals surface area contributed by atoms with Crippen molar-refractivity contribution in [2.24, 2.45) is 17.8 Å². The van der Waals surface area contributed by atoms with E-state index in [0.29, 0.717) is 17.6 Å². The minimum Gasteiger partial charge on any atom is -0.309 e. The number of hydrogen-bond donors (Lipinski definition) is 0. The molecule has 13 heavy (non-hydrogen) atoms. The molecule has 0 N–H and O–H groups in total. The third-order valence-corrected chi connectivity index (χ3v) is 3.37. The van der Waals surface area contributed by atoms with Gasteiger partial charge < -0.3 is 4.90 Å². The third-order valence-electron chi connectivity index (χ3n) is 3.37. The van der Waals surface area contributed by atoms with Gasteiger partial charge in [0.15, 0.2) is 0 Å². The second kappa shape index (κ2) is 3.97. The zero-order valence-corrected chi connectivity index (χ0v) is 9.14. The Kier molecular flexibility index (Phi) is 3.36. The first-order valence-electron chi connectivity index (χ1n) is 4.87. The molecule has 3 heteroatoms. The molecule has 0 aromatic heterocycles. The van der Waals surface area contributed by atoms with E-state index in [1.165, 1.54) is 19.3 Å². The van der Waals surface area contributed by atoms with Crippen molar-refractivity contribution in [3.05, 3.63) is 0 Å². The van der Waals surface area contributed by atoms with E-state index < -0.39 is 0 Å². The Bertz CT molecular complexity index is 205. The molecule has 2 nitrogen and oxygen atoms in total. The monoisotopic (exact) mass is 203 g/mol. The van der Waals surface area contributed by atoms with Crippen LogP contribution in [0.25, 0.3) is 0 Å². The van der Waals surface area contributed by atoms with Gasteiger partial charge in [0.2, 0.25) is 0 Å². The van der Waals surface area contributed by atoms with E-state index in [4.69, 9.17) is 0 Å². The Balaban J connectivity index is 0.000000845. The molecule has 76 valence electrons. The van der Waals surface area contributed by atoms with Crippen LogP contribution in [0.15, 0.2) is 0 Å². The molecule has 0 spiro atoms. The molecule has 2 saturated carbocycles. The summed E-state index contributed by atoms with van der Waals surface area (Å²) in [5, 5.41) is 0. The minimum absolute atomic E-state index is 0. The van der Waals surface area contributed by atoms with Gasteiger partial charge in [0.1, 0.15) is 5.78 Å². The van der Waals surface area contributed by atoms with Gasteiger partial charge in [0.05, 0.1) is 0 Å². The summed E-state index contributed by atoms with van der Waals surface area (Å²) in [6, 6.07) is 0. The molecule has 0 aromatic rings. The van der Waals surface area contributed by atoms with Crippen LogP contribution in [0.3, 0.4) is 0 Å². The van der Waals surface area contributed by atoms with Gasteiger partial charge in [-0.1, -0.05) is 0 Å². The van der Waals surface area contributed by atoms with Crippen LogP contribution >= 0.6 is 12.4 Å². The molecule has 0 radical (unpaired) electrons. The highest BCUT2D eigenvalue weighted by Crippen LogP contribution is 2.45. The quantitative estimate of drug-likeness (QED) is 0.680. The summed E-state index contributed by atoms with van der Waals surface area (Å²) in [5.74, 6) is 2.10. The van der Waals surface area contributed by atoms with Crippen molar-refractivity contribution >= 4 is 18.2 Å². The number of carbonyl (C=O) groups excluding carboxylic acids is 1. The smallest absolute Gasteiger partial charge is 0.140 e. The number of fused-ring (bicyclic) bond motifs is 2. The van der Waals surface area contributed by atoms with Crippen molar-refractivity contribution in [2.75, 3.05) is 20.6 Å². The first-order valence-corrected chi connectivity index (χ1v) is 4.87. The van der Waals surface area contributed by atoms with E-state index in [2.05, 4.69) is 19.0 Å². The van der Waals surface area contributed by atoms with E-state index in [0.717, 1.165) is 12.5 Å². The zero-order valence-electron chi connectivity index (χ0n) is 8.32. The van der Waals surface area contributed by atoms with Crippen LogP contribution in [0, 0.1) is 17.8 Å². The van der Waals surface area contributed by atoms with Gasteiger partial charge in [-0.3, -0.25) is 4.79 Å². The lowest BCUT2D eigenvalue weighted by atomic mass is 9.87. The highest BCUT2D eigenvalue weighted by Gasteiger charge is 2.46. The molecular formula is C10H18ClNO. The van der Waals surface area contributed by atoms with Crippen LogP contribution in [0.1, 0.15) is 19.3 Å². The fourth-order valence-electron chi connectivity index (χ4n) is 2.81. The maximum absolute atomic E-state index is 11.7. The molecule has 0 saturated heterocycles. The largest absolute Gasteiger partial charge is 0.309 e. The van der Waals surface area contributed by atoms with E-state index >= 15 is 0 Å². The van der Waals surface area contributed by atoms with E-state index in [-0.39, 0.29) is 12.4 Å². The van der Waals surface area contributed by atoms with Crippen LogP contribution < -0.4 is 0 Å². The zero-order chi connectivity index (χ0) is 8.72. The van der Waals surface area contributed by atoms with Gasteiger partial charge in [-0.2, -0.15) is 0 Å². The van der Waals surface area contributed by atoms with Gasteiger partial charge in [-0.05, 0) is 39.3 Å². The van der Waals surface area contributed by atoms with Crippen LogP contribution in [0.2, 0.25) is 0 Å². The molecule has 2 bridgehead atoms. The second-order valence-corrected chi connectivity index (χ2v) is 4.54. The lowest BCUT2D eigenvalue weighted by Crippen LogP contribution is -2.31. The summed E-state index contributed by atoms with van der Waals surface area (Å²) in [4.78, 5) is 13.8. The number of hydrogen-bond acceptors (Lipinski definition) is 2. The molecule has 0 amide bonds. The number of nitrogens with zero attached hydrogens (tertiary/aromatic N) is 1. The molecule has 3 unspecified atom stereocenters. The summed E-state index contributed by atoms with van der Waals surface area (Å²) < 4.78 is 0. The Morgan fingerprint density at radius 2 is 2.08 bits per heavy atom. The molecule has 0 heterocycles. The minimum atomic E-state index is 0. The summed E-state index contributed by atoms with van der Waals surface area (Å²) in [6.45, 7) is 0.972. The van der Waals surface area contributed by atoms with Crippen LogP contribution in [-0.2, 0) is 4.79 Å². The highest BCUT2D eigenvalue weighted by atomic mass is 35.5. The lowest BCUT2D eigenvalue weighted by Gasteiger charge is -2.23. The number of rotatable bonds is 2. The van der Waals surface area contributed by atoms with Crippen LogP contribution in [-0.4, -0.2) is 31.3 Å². The van der Waals surface area contributed by atoms with Crippen molar-refractivity contribution < 1.29 is 4.79 Å². The summed E-state index contributed by atoms with van der Waals surface area (Å²) >= 11 is 0. The van der Waals surface area contributed by atoms with E-state index in [1.807, 2.05) is 0 Å². The number of ketones is 1. The van der Waals surface area contributed by atoms with Crippen molar-refractivity contribution in [3.63, 3.8) is 0 Å². The predicted molar refractivity (Wildman–Crippen MR) is 55.1 cm³/mol. The van der Waals surface area contributed by atoms with Gasteiger partial charge in [-0.25, -0.2) is 0 Å². The van der Waals surface area contributed by atoms with Gasteiger partial charge in [0.25, 0.3) is 0 Å². The molecule has 2 rings (SSSR count). The molecule has 2 aliphatic carbocycles. The predicted octanol–water partition coefficient (Wildman–Crippen LogP) is 1.58. The van der Waals surface area contributed by atoms with Gasteiger partial charge in [-0.15, -0.1) is 12.4 Å². The maximum atomic E-state index is 11.7. The van der Waals surface area contributed by atoms with Crippen molar-refractivity contribution in [2.45, 2.75) is 19.3 Å². The summed E-state index contributed by atoms with van der Waals surface area (Å²) in [6.07, 6.45) is 3.67. The Hall–Kier alpha value is -0.0800. The molecule has 0 aromatic carbocycles.